The van der Waals surface area contributed by atoms with E-state index in [0.29, 0.717) is 10.7 Å². The van der Waals surface area contributed by atoms with Gasteiger partial charge in [0.2, 0.25) is 0 Å². The van der Waals surface area contributed by atoms with Gasteiger partial charge in [-0.05, 0) is 30.9 Å². The molecule has 0 amide bonds. The van der Waals surface area contributed by atoms with Crippen LogP contribution in [-0.2, 0) is 0 Å². The summed E-state index contributed by atoms with van der Waals surface area (Å²) in [6.45, 7) is 0.834. The van der Waals surface area contributed by atoms with Gasteiger partial charge in [-0.2, -0.15) is 0 Å². The summed E-state index contributed by atoms with van der Waals surface area (Å²) < 4.78 is 13.2. The number of halogens is 2. The molecule has 1 aromatic carbocycles. The molecule has 3 heteroatoms. The van der Waals surface area contributed by atoms with E-state index in [1.54, 1.807) is 12.1 Å². The van der Waals surface area contributed by atoms with Gasteiger partial charge in [0.05, 0.1) is 10.7 Å². The highest BCUT2D eigenvalue weighted by Crippen LogP contribution is 2.31. The lowest BCUT2D eigenvalue weighted by molar-refractivity contribution is 0.629. The lowest BCUT2D eigenvalue weighted by atomic mass is 10.3. The van der Waals surface area contributed by atoms with Gasteiger partial charge < -0.3 is 5.32 Å². The Kier molecular flexibility index (Phi) is 2.40. The quantitative estimate of drug-likeness (QED) is 0.788. The molecule has 1 aliphatic carbocycles. The van der Waals surface area contributed by atoms with E-state index in [1.807, 2.05) is 0 Å². The van der Waals surface area contributed by atoms with Crippen molar-refractivity contribution >= 4 is 17.3 Å². The van der Waals surface area contributed by atoms with Crippen molar-refractivity contribution in [2.45, 2.75) is 12.8 Å². The fraction of sp³-hybridized carbons (Fsp3) is 0.400. The molecule has 0 spiro atoms. The van der Waals surface area contributed by atoms with E-state index in [0.717, 1.165) is 12.5 Å². The van der Waals surface area contributed by atoms with E-state index in [9.17, 15) is 4.39 Å². The van der Waals surface area contributed by atoms with Gasteiger partial charge >= 0.3 is 0 Å². The summed E-state index contributed by atoms with van der Waals surface area (Å²) in [6, 6.07) is 4.72. The fourth-order valence-electron chi connectivity index (χ4n) is 1.24. The summed E-state index contributed by atoms with van der Waals surface area (Å²) >= 11 is 5.83. The van der Waals surface area contributed by atoms with E-state index in [4.69, 9.17) is 11.6 Å². The molecule has 0 unspecified atom stereocenters. The zero-order valence-corrected chi connectivity index (χ0v) is 7.94. The van der Waals surface area contributed by atoms with Crippen molar-refractivity contribution in [3.05, 3.63) is 29.0 Å². The molecule has 1 aliphatic rings. The summed E-state index contributed by atoms with van der Waals surface area (Å²) in [5.41, 5.74) is 0.441. The Hall–Kier alpha value is -0.760. The maximum atomic E-state index is 13.2. The van der Waals surface area contributed by atoms with Crippen molar-refractivity contribution in [2.75, 3.05) is 11.9 Å². The van der Waals surface area contributed by atoms with Crippen LogP contribution >= 0.6 is 11.6 Å². The fourth-order valence-corrected chi connectivity index (χ4v) is 1.46. The van der Waals surface area contributed by atoms with Crippen molar-refractivity contribution in [2.24, 2.45) is 5.92 Å². The van der Waals surface area contributed by atoms with Gasteiger partial charge in [-0.15, -0.1) is 0 Å². The van der Waals surface area contributed by atoms with Crippen LogP contribution in [0.15, 0.2) is 18.2 Å². The highest BCUT2D eigenvalue weighted by atomic mass is 35.5. The molecule has 1 nitrogen and oxygen atoms in total. The summed E-state index contributed by atoms with van der Waals surface area (Å²) in [5.74, 6) is 0.448. The number of nitrogens with one attached hydrogen (secondary N) is 1. The van der Waals surface area contributed by atoms with Crippen molar-refractivity contribution in [1.29, 1.82) is 0 Å². The van der Waals surface area contributed by atoms with E-state index in [-0.39, 0.29) is 5.82 Å². The normalized spacial score (nSPS) is 15.8. The smallest absolute Gasteiger partial charge is 0.147 e. The Morgan fingerprint density at radius 2 is 2.23 bits per heavy atom. The standard InChI is InChI=1S/C10H11ClFN/c11-8-2-1-3-9(12)10(8)13-6-7-4-5-7/h1-3,7,13H,4-6H2. The van der Waals surface area contributed by atoms with Crippen LogP contribution < -0.4 is 5.32 Å². The monoisotopic (exact) mass is 199 g/mol. The number of para-hydroxylation sites is 1. The number of hydrogen-bond donors (Lipinski definition) is 1. The Morgan fingerprint density at radius 1 is 1.46 bits per heavy atom. The van der Waals surface area contributed by atoms with Crippen LogP contribution in [0.2, 0.25) is 5.02 Å². The highest BCUT2D eigenvalue weighted by Gasteiger charge is 2.21. The van der Waals surface area contributed by atoms with Gasteiger partial charge in [-0.3, -0.25) is 0 Å². The predicted octanol–water partition coefficient (Wildman–Crippen LogP) is 3.30. The maximum Gasteiger partial charge on any atom is 0.147 e. The topological polar surface area (TPSA) is 12.0 Å². The first-order valence-corrected chi connectivity index (χ1v) is 4.83. The van der Waals surface area contributed by atoms with Gasteiger partial charge in [-0.25, -0.2) is 4.39 Å². The van der Waals surface area contributed by atoms with E-state index < -0.39 is 0 Å². The lowest BCUT2D eigenvalue weighted by Crippen LogP contribution is -2.05. The molecule has 2 rings (SSSR count). The summed E-state index contributed by atoms with van der Waals surface area (Å²) in [7, 11) is 0. The molecule has 0 aliphatic heterocycles. The predicted molar refractivity (Wildman–Crippen MR) is 52.6 cm³/mol. The number of benzene rings is 1. The minimum Gasteiger partial charge on any atom is -0.381 e. The third-order valence-corrected chi connectivity index (χ3v) is 2.54. The zero-order chi connectivity index (χ0) is 9.26. The Morgan fingerprint density at radius 3 is 2.85 bits per heavy atom. The summed E-state index contributed by atoms with van der Waals surface area (Å²) in [6.07, 6.45) is 2.50. The van der Waals surface area contributed by atoms with Gasteiger partial charge in [0, 0.05) is 6.54 Å². The molecular weight excluding hydrogens is 189 g/mol. The molecule has 70 valence electrons. The number of hydrogen-bond acceptors (Lipinski definition) is 1. The lowest BCUT2D eigenvalue weighted by Gasteiger charge is -2.07. The van der Waals surface area contributed by atoms with Crippen molar-refractivity contribution in [1.82, 2.24) is 0 Å². The molecule has 1 aromatic rings. The Bertz CT molecular complexity index is 290. The third-order valence-electron chi connectivity index (χ3n) is 2.23. The van der Waals surface area contributed by atoms with Crippen molar-refractivity contribution < 1.29 is 4.39 Å². The number of rotatable bonds is 3. The van der Waals surface area contributed by atoms with Gasteiger partial charge in [0.1, 0.15) is 5.82 Å². The van der Waals surface area contributed by atoms with E-state index in [1.165, 1.54) is 18.9 Å². The van der Waals surface area contributed by atoms with E-state index >= 15 is 0 Å². The van der Waals surface area contributed by atoms with Gasteiger partial charge in [-0.1, -0.05) is 17.7 Å². The van der Waals surface area contributed by atoms with E-state index in [2.05, 4.69) is 5.32 Å². The first-order valence-electron chi connectivity index (χ1n) is 4.45. The van der Waals surface area contributed by atoms with Crippen LogP contribution in [-0.4, -0.2) is 6.54 Å². The average Bonchev–Trinajstić information content (AvgIpc) is 2.87. The average molecular weight is 200 g/mol. The van der Waals surface area contributed by atoms with Gasteiger partial charge in [0.25, 0.3) is 0 Å². The molecular formula is C10H11ClFN. The highest BCUT2D eigenvalue weighted by molar-refractivity contribution is 6.33. The van der Waals surface area contributed by atoms with Crippen LogP contribution in [0.5, 0.6) is 0 Å². The minimum atomic E-state index is -0.270. The molecule has 0 heterocycles. The van der Waals surface area contributed by atoms with Crippen LogP contribution in [0.25, 0.3) is 0 Å². The second-order valence-electron chi connectivity index (χ2n) is 3.42. The minimum absolute atomic E-state index is 0.270. The molecule has 0 atom stereocenters. The molecule has 1 fully saturated rings. The largest absolute Gasteiger partial charge is 0.381 e. The van der Waals surface area contributed by atoms with Crippen LogP contribution in [0.3, 0.4) is 0 Å². The van der Waals surface area contributed by atoms with Crippen LogP contribution in [0.1, 0.15) is 12.8 Å². The van der Waals surface area contributed by atoms with Crippen molar-refractivity contribution in [3.8, 4) is 0 Å². The first-order chi connectivity index (χ1) is 6.27. The molecule has 1 saturated carbocycles. The summed E-state index contributed by atoms with van der Waals surface area (Å²) in [5, 5.41) is 3.50. The molecule has 0 bridgehead atoms. The molecule has 0 aromatic heterocycles. The molecule has 13 heavy (non-hydrogen) atoms. The van der Waals surface area contributed by atoms with Crippen LogP contribution in [0, 0.1) is 11.7 Å². The Balaban J connectivity index is 2.07. The second-order valence-corrected chi connectivity index (χ2v) is 3.83. The third kappa shape index (κ3) is 2.13. The Labute approximate surface area is 81.9 Å². The SMILES string of the molecule is Fc1cccc(Cl)c1NCC1CC1. The molecule has 1 N–H and O–H groups in total. The number of anilines is 1. The first kappa shape index (κ1) is 8.82. The maximum absolute atomic E-state index is 13.2. The van der Waals surface area contributed by atoms with Gasteiger partial charge in [0.15, 0.2) is 0 Å². The zero-order valence-electron chi connectivity index (χ0n) is 7.19. The second kappa shape index (κ2) is 3.54. The summed E-state index contributed by atoms with van der Waals surface area (Å²) in [4.78, 5) is 0. The molecule has 0 saturated heterocycles. The van der Waals surface area contributed by atoms with Crippen LogP contribution in [0.4, 0.5) is 10.1 Å². The molecule has 0 radical (unpaired) electrons. The van der Waals surface area contributed by atoms with Crippen molar-refractivity contribution in [3.63, 3.8) is 0 Å².